The molecule has 0 spiro atoms. The van der Waals surface area contributed by atoms with Crippen LogP contribution in [-0.4, -0.2) is 39.2 Å². The number of aromatic nitrogens is 2. The number of likely N-dealkylation sites (tertiary alicyclic amines) is 1. The van der Waals surface area contributed by atoms with Gasteiger partial charge in [-0.1, -0.05) is 30.8 Å². The van der Waals surface area contributed by atoms with Crippen molar-refractivity contribution in [3.63, 3.8) is 0 Å². The van der Waals surface area contributed by atoms with Crippen molar-refractivity contribution < 1.29 is 4.79 Å². The van der Waals surface area contributed by atoms with Gasteiger partial charge in [0.1, 0.15) is 0 Å². The summed E-state index contributed by atoms with van der Waals surface area (Å²) in [7, 11) is 0. The summed E-state index contributed by atoms with van der Waals surface area (Å²) in [6, 6.07) is 7.38. The monoisotopic (exact) mass is 359 g/mol. The predicted octanol–water partition coefficient (Wildman–Crippen LogP) is 3.33. The Morgan fingerprint density at radius 1 is 1.36 bits per heavy atom. The highest BCUT2D eigenvalue weighted by Gasteiger charge is 2.22. The molecule has 1 aliphatic heterocycles. The van der Waals surface area contributed by atoms with Gasteiger partial charge in [-0.2, -0.15) is 0 Å². The summed E-state index contributed by atoms with van der Waals surface area (Å²) in [4.78, 5) is 31.9. The zero-order valence-electron chi connectivity index (χ0n) is 15.1. The van der Waals surface area contributed by atoms with Crippen molar-refractivity contribution in [1.82, 2.24) is 14.5 Å². The predicted molar refractivity (Wildman–Crippen MR) is 102 cm³/mol. The molecule has 1 saturated heterocycles. The van der Waals surface area contributed by atoms with Gasteiger partial charge < -0.3 is 4.90 Å². The van der Waals surface area contributed by atoms with Crippen LogP contribution in [-0.2, 0) is 4.79 Å². The molecule has 1 unspecified atom stereocenters. The molecule has 1 fully saturated rings. The first kappa shape index (κ1) is 18.0. The van der Waals surface area contributed by atoms with Crippen LogP contribution in [0.5, 0.6) is 0 Å². The van der Waals surface area contributed by atoms with Crippen LogP contribution in [0.25, 0.3) is 10.9 Å². The molecule has 1 aromatic carbocycles. The lowest BCUT2D eigenvalue weighted by Crippen LogP contribution is -2.40. The van der Waals surface area contributed by atoms with Crippen LogP contribution in [0.2, 0.25) is 0 Å². The third kappa shape index (κ3) is 3.89. The molecular formula is C19H25N3O2S. The topological polar surface area (TPSA) is 55.2 Å². The van der Waals surface area contributed by atoms with E-state index in [1.54, 1.807) is 10.6 Å². The number of nitrogens with zero attached hydrogens (tertiary/aromatic N) is 3. The van der Waals surface area contributed by atoms with Gasteiger partial charge in [-0.15, -0.1) is 0 Å². The van der Waals surface area contributed by atoms with Crippen LogP contribution in [0.15, 0.2) is 34.2 Å². The maximum atomic E-state index is 12.8. The Morgan fingerprint density at radius 2 is 2.12 bits per heavy atom. The molecule has 0 bridgehead atoms. The molecule has 6 heteroatoms. The lowest BCUT2D eigenvalue weighted by molar-refractivity contribution is -0.130. The van der Waals surface area contributed by atoms with Gasteiger partial charge in [-0.3, -0.25) is 14.2 Å². The minimum Gasteiger partial charge on any atom is -0.342 e. The second-order valence-corrected chi connectivity index (χ2v) is 8.00. The fourth-order valence-corrected chi connectivity index (χ4v) is 4.35. The highest BCUT2D eigenvalue weighted by atomic mass is 32.2. The number of carbonyl (C=O) groups excluding carboxylic acids is 1. The molecule has 0 aliphatic carbocycles. The molecule has 2 heterocycles. The smallest absolute Gasteiger partial charge is 0.262 e. The van der Waals surface area contributed by atoms with Crippen molar-refractivity contribution in [3.05, 3.63) is 34.6 Å². The lowest BCUT2D eigenvalue weighted by Gasteiger charge is -2.31. The Morgan fingerprint density at radius 3 is 2.84 bits per heavy atom. The summed E-state index contributed by atoms with van der Waals surface area (Å²) in [6.07, 6.45) is 2.26. The Hall–Kier alpha value is -1.82. The van der Waals surface area contributed by atoms with Crippen molar-refractivity contribution in [1.29, 1.82) is 0 Å². The van der Waals surface area contributed by atoms with Crippen molar-refractivity contribution >= 4 is 28.6 Å². The van der Waals surface area contributed by atoms with Gasteiger partial charge in [-0.25, -0.2) is 4.98 Å². The number of thioether (sulfide) groups is 1. The van der Waals surface area contributed by atoms with Gasteiger partial charge in [0.05, 0.1) is 16.7 Å². The molecular weight excluding hydrogens is 334 g/mol. The highest BCUT2D eigenvalue weighted by Crippen LogP contribution is 2.22. The summed E-state index contributed by atoms with van der Waals surface area (Å²) in [5.41, 5.74) is 0.646. The van der Waals surface area contributed by atoms with Crippen LogP contribution in [0.3, 0.4) is 0 Å². The van der Waals surface area contributed by atoms with E-state index in [2.05, 4.69) is 11.9 Å². The van der Waals surface area contributed by atoms with Crippen molar-refractivity contribution in [3.8, 4) is 0 Å². The van der Waals surface area contributed by atoms with E-state index in [-0.39, 0.29) is 17.5 Å². The van der Waals surface area contributed by atoms with E-state index in [4.69, 9.17) is 0 Å². The number of hydrogen-bond acceptors (Lipinski definition) is 4. The summed E-state index contributed by atoms with van der Waals surface area (Å²) < 4.78 is 1.69. The third-order valence-corrected chi connectivity index (χ3v) is 5.56. The minimum absolute atomic E-state index is 0.00258. The molecule has 134 valence electrons. The number of para-hydroxylation sites is 1. The Bertz CT molecular complexity index is 831. The molecule has 25 heavy (non-hydrogen) atoms. The second kappa shape index (κ2) is 7.60. The standard InChI is InChI=1S/C19H25N3O2S/c1-13(2)22-18(24)15-8-4-5-9-16(15)20-19(22)25-12-17(23)21-10-6-7-14(3)11-21/h4-5,8-9,13-14H,6-7,10-12H2,1-3H3. The molecule has 1 amide bonds. The molecule has 0 N–H and O–H groups in total. The molecule has 5 nitrogen and oxygen atoms in total. The Balaban J connectivity index is 1.84. The van der Waals surface area contributed by atoms with Crippen LogP contribution < -0.4 is 5.56 Å². The molecule has 3 rings (SSSR count). The van der Waals surface area contributed by atoms with Gasteiger partial charge in [0.25, 0.3) is 5.56 Å². The normalized spacial score (nSPS) is 18.1. The fourth-order valence-electron chi connectivity index (χ4n) is 3.32. The number of piperidine rings is 1. The average molecular weight is 359 g/mol. The maximum absolute atomic E-state index is 12.8. The largest absolute Gasteiger partial charge is 0.342 e. The fraction of sp³-hybridized carbons (Fsp3) is 0.526. The van der Waals surface area contributed by atoms with Crippen LogP contribution in [0, 0.1) is 5.92 Å². The SMILES string of the molecule is CC1CCCN(C(=O)CSc2nc3ccccc3c(=O)n2C(C)C)C1. The number of amides is 1. The first-order chi connectivity index (χ1) is 12.0. The summed E-state index contributed by atoms with van der Waals surface area (Å²) in [6.45, 7) is 7.80. The number of fused-ring (bicyclic) bond motifs is 1. The number of carbonyl (C=O) groups is 1. The maximum Gasteiger partial charge on any atom is 0.262 e. The number of rotatable bonds is 4. The summed E-state index contributed by atoms with van der Waals surface area (Å²) >= 11 is 1.37. The van der Waals surface area contributed by atoms with E-state index in [1.807, 2.05) is 36.9 Å². The first-order valence-electron chi connectivity index (χ1n) is 8.89. The summed E-state index contributed by atoms with van der Waals surface area (Å²) in [5, 5.41) is 1.24. The number of benzene rings is 1. The Labute approximate surface area is 152 Å². The average Bonchev–Trinajstić information content (AvgIpc) is 2.59. The van der Waals surface area contributed by atoms with Crippen LogP contribution >= 0.6 is 11.8 Å². The van der Waals surface area contributed by atoms with E-state index in [9.17, 15) is 9.59 Å². The second-order valence-electron chi connectivity index (χ2n) is 7.06. The zero-order valence-corrected chi connectivity index (χ0v) is 15.9. The third-order valence-electron chi connectivity index (χ3n) is 4.63. The van der Waals surface area contributed by atoms with E-state index in [0.29, 0.717) is 27.7 Å². The quantitative estimate of drug-likeness (QED) is 0.621. The molecule has 1 atom stereocenters. The number of hydrogen-bond donors (Lipinski definition) is 0. The molecule has 2 aromatic rings. The lowest BCUT2D eigenvalue weighted by atomic mass is 10.0. The van der Waals surface area contributed by atoms with Crippen molar-refractivity contribution in [2.45, 2.75) is 44.8 Å². The van der Waals surface area contributed by atoms with E-state index in [0.717, 1.165) is 19.5 Å². The van der Waals surface area contributed by atoms with Gasteiger partial charge in [0, 0.05) is 19.1 Å². The van der Waals surface area contributed by atoms with E-state index >= 15 is 0 Å². The molecule has 1 aliphatic rings. The Kier molecular flexibility index (Phi) is 5.47. The summed E-state index contributed by atoms with van der Waals surface area (Å²) in [5.74, 6) is 1.02. The van der Waals surface area contributed by atoms with Crippen molar-refractivity contribution in [2.24, 2.45) is 5.92 Å². The van der Waals surface area contributed by atoms with E-state index < -0.39 is 0 Å². The van der Waals surface area contributed by atoms with E-state index in [1.165, 1.54) is 18.2 Å². The first-order valence-corrected chi connectivity index (χ1v) is 9.87. The van der Waals surface area contributed by atoms with Gasteiger partial charge in [-0.05, 0) is 44.7 Å². The van der Waals surface area contributed by atoms with Crippen LogP contribution in [0.1, 0.15) is 39.7 Å². The van der Waals surface area contributed by atoms with Gasteiger partial charge in [0.2, 0.25) is 5.91 Å². The molecule has 0 saturated carbocycles. The van der Waals surface area contributed by atoms with Crippen molar-refractivity contribution in [2.75, 3.05) is 18.8 Å². The highest BCUT2D eigenvalue weighted by molar-refractivity contribution is 7.99. The zero-order chi connectivity index (χ0) is 18.0. The molecule has 0 radical (unpaired) electrons. The van der Waals surface area contributed by atoms with Gasteiger partial charge in [0.15, 0.2) is 5.16 Å². The molecule has 1 aromatic heterocycles. The van der Waals surface area contributed by atoms with Gasteiger partial charge >= 0.3 is 0 Å². The van der Waals surface area contributed by atoms with Crippen LogP contribution in [0.4, 0.5) is 0 Å². The minimum atomic E-state index is -0.0397.